The van der Waals surface area contributed by atoms with Crippen molar-refractivity contribution >= 4 is 11.3 Å². The van der Waals surface area contributed by atoms with E-state index in [0.29, 0.717) is 0 Å². The second-order valence-corrected chi connectivity index (χ2v) is 6.69. The van der Waals surface area contributed by atoms with Gasteiger partial charge in [0.05, 0.1) is 0 Å². The highest BCUT2D eigenvalue weighted by Crippen LogP contribution is 2.17. The molecule has 0 aliphatic carbocycles. The molecule has 0 aliphatic heterocycles. The molecular formula is C17H25N3S. The molecule has 21 heavy (non-hydrogen) atoms. The minimum absolute atomic E-state index is 0.896. The van der Waals surface area contributed by atoms with E-state index < -0.39 is 0 Å². The van der Waals surface area contributed by atoms with E-state index in [1.165, 1.54) is 23.1 Å². The smallest absolute Gasteiger partial charge is 0.121 e. The molecule has 0 amide bonds. The summed E-state index contributed by atoms with van der Waals surface area (Å²) in [5, 5.41) is 14.3. The van der Waals surface area contributed by atoms with Gasteiger partial charge in [0.25, 0.3) is 0 Å². The first-order chi connectivity index (χ1) is 10.2. The van der Waals surface area contributed by atoms with Gasteiger partial charge < -0.3 is 5.32 Å². The summed E-state index contributed by atoms with van der Waals surface area (Å²) >= 11 is 1.75. The molecule has 1 heterocycles. The minimum atomic E-state index is 0.896. The number of aryl methyl sites for hydroxylation is 3. The summed E-state index contributed by atoms with van der Waals surface area (Å²) in [7, 11) is 0. The van der Waals surface area contributed by atoms with Crippen molar-refractivity contribution < 1.29 is 0 Å². The highest BCUT2D eigenvalue weighted by Gasteiger charge is 2.06. The predicted octanol–water partition coefficient (Wildman–Crippen LogP) is 3.68. The Balaban J connectivity index is 1.83. The maximum atomic E-state index is 4.33. The Kier molecular flexibility index (Phi) is 6.33. The van der Waals surface area contributed by atoms with Gasteiger partial charge in [-0.1, -0.05) is 25.1 Å². The van der Waals surface area contributed by atoms with Crippen LogP contribution in [0.2, 0.25) is 0 Å². The van der Waals surface area contributed by atoms with Crippen molar-refractivity contribution in [3.05, 3.63) is 44.9 Å². The minimum Gasteiger partial charge on any atom is -0.317 e. The highest BCUT2D eigenvalue weighted by molar-refractivity contribution is 7.11. The van der Waals surface area contributed by atoms with Crippen LogP contribution >= 0.6 is 11.3 Å². The maximum Gasteiger partial charge on any atom is 0.121 e. The van der Waals surface area contributed by atoms with Crippen LogP contribution in [0, 0.1) is 13.8 Å². The Morgan fingerprint density at radius 1 is 1.05 bits per heavy atom. The number of hydrogen-bond donors (Lipinski definition) is 1. The van der Waals surface area contributed by atoms with Gasteiger partial charge in [0.2, 0.25) is 0 Å². The standard InChI is InChI=1S/C17H25N3S/c1-4-9-18-10-5-6-16-19-20-17(21-16)12-15-8-7-13(2)14(3)11-15/h7-8,11,18H,4-6,9-10,12H2,1-3H3. The Bertz CT molecular complexity index is 563. The summed E-state index contributed by atoms with van der Waals surface area (Å²) in [6, 6.07) is 6.63. The maximum absolute atomic E-state index is 4.33. The van der Waals surface area contributed by atoms with Crippen molar-refractivity contribution in [2.75, 3.05) is 13.1 Å². The van der Waals surface area contributed by atoms with Gasteiger partial charge in [-0.05, 0) is 56.5 Å². The van der Waals surface area contributed by atoms with E-state index in [1.54, 1.807) is 11.3 Å². The van der Waals surface area contributed by atoms with E-state index in [-0.39, 0.29) is 0 Å². The van der Waals surface area contributed by atoms with Crippen molar-refractivity contribution in [1.29, 1.82) is 0 Å². The predicted molar refractivity (Wildman–Crippen MR) is 90.1 cm³/mol. The van der Waals surface area contributed by atoms with E-state index in [1.807, 2.05) is 0 Å². The van der Waals surface area contributed by atoms with Crippen molar-refractivity contribution in [2.45, 2.75) is 46.5 Å². The number of hydrogen-bond acceptors (Lipinski definition) is 4. The average Bonchev–Trinajstić information content (AvgIpc) is 2.90. The average molecular weight is 303 g/mol. The molecule has 1 N–H and O–H groups in total. The van der Waals surface area contributed by atoms with Crippen molar-refractivity contribution in [2.24, 2.45) is 0 Å². The highest BCUT2D eigenvalue weighted by atomic mass is 32.1. The Labute approximate surface area is 131 Å². The molecule has 0 saturated carbocycles. The van der Waals surface area contributed by atoms with Crippen LogP contribution in [0.4, 0.5) is 0 Å². The van der Waals surface area contributed by atoms with Crippen molar-refractivity contribution in [3.8, 4) is 0 Å². The molecule has 0 saturated heterocycles. The molecule has 3 nitrogen and oxygen atoms in total. The van der Waals surface area contributed by atoms with Crippen LogP contribution < -0.4 is 5.32 Å². The zero-order valence-electron chi connectivity index (χ0n) is 13.3. The van der Waals surface area contributed by atoms with Gasteiger partial charge in [-0.3, -0.25) is 0 Å². The van der Waals surface area contributed by atoms with E-state index >= 15 is 0 Å². The second kappa shape index (κ2) is 8.25. The van der Waals surface area contributed by atoms with Gasteiger partial charge in [0.1, 0.15) is 10.0 Å². The van der Waals surface area contributed by atoms with E-state index in [9.17, 15) is 0 Å². The summed E-state index contributed by atoms with van der Waals surface area (Å²) in [5.74, 6) is 0. The molecule has 0 atom stereocenters. The number of benzene rings is 1. The molecule has 2 rings (SSSR count). The summed E-state index contributed by atoms with van der Waals surface area (Å²) < 4.78 is 0. The summed E-state index contributed by atoms with van der Waals surface area (Å²) in [5.41, 5.74) is 4.01. The molecule has 2 aromatic rings. The molecule has 0 unspecified atom stereocenters. The van der Waals surface area contributed by atoms with Crippen LogP contribution in [0.25, 0.3) is 0 Å². The molecule has 1 aromatic carbocycles. The zero-order chi connectivity index (χ0) is 15.1. The van der Waals surface area contributed by atoms with E-state index in [2.05, 4.69) is 54.5 Å². The topological polar surface area (TPSA) is 37.8 Å². The molecule has 1 aromatic heterocycles. The lowest BCUT2D eigenvalue weighted by Gasteiger charge is -2.02. The fraction of sp³-hybridized carbons (Fsp3) is 0.529. The molecule has 0 bridgehead atoms. The molecular weight excluding hydrogens is 278 g/mol. The van der Waals surface area contributed by atoms with Crippen LogP contribution in [0.1, 0.15) is 46.5 Å². The van der Waals surface area contributed by atoms with Crippen molar-refractivity contribution in [1.82, 2.24) is 15.5 Å². The number of rotatable bonds is 8. The SMILES string of the molecule is CCCNCCCc1nnc(Cc2ccc(C)c(C)c2)s1. The van der Waals surface area contributed by atoms with Gasteiger partial charge in [0, 0.05) is 12.8 Å². The Morgan fingerprint density at radius 2 is 1.86 bits per heavy atom. The van der Waals surface area contributed by atoms with Crippen LogP contribution in [-0.4, -0.2) is 23.3 Å². The van der Waals surface area contributed by atoms with Crippen LogP contribution in [-0.2, 0) is 12.8 Å². The third-order valence-electron chi connectivity index (χ3n) is 3.61. The quantitative estimate of drug-likeness (QED) is 0.756. The lowest BCUT2D eigenvalue weighted by Crippen LogP contribution is -2.16. The molecule has 0 radical (unpaired) electrons. The lowest BCUT2D eigenvalue weighted by atomic mass is 10.0. The monoisotopic (exact) mass is 303 g/mol. The molecule has 0 aliphatic rings. The Morgan fingerprint density at radius 3 is 2.62 bits per heavy atom. The van der Waals surface area contributed by atoms with Gasteiger partial charge in [-0.15, -0.1) is 21.5 Å². The zero-order valence-corrected chi connectivity index (χ0v) is 14.1. The number of nitrogens with one attached hydrogen (secondary N) is 1. The largest absolute Gasteiger partial charge is 0.317 e. The lowest BCUT2D eigenvalue weighted by molar-refractivity contribution is 0.637. The van der Waals surface area contributed by atoms with Gasteiger partial charge in [0.15, 0.2) is 0 Å². The van der Waals surface area contributed by atoms with Crippen LogP contribution in [0.15, 0.2) is 18.2 Å². The normalized spacial score (nSPS) is 11.0. The molecule has 0 fully saturated rings. The van der Waals surface area contributed by atoms with Gasteiger partial charge in [-0.2, -0.15) is 0 Å². The van der Waals surface area contributed by atoms with Gasteiger partial charge >= 0.3 is 0 Å². The first-order valence-electron chi connectivity index (χ1n) is 7.77. The molecule has 114 valence electrons. The summed E-state index contributed by atoms with van der Waals surface area (Å²) in [6.07, 6.45) is 4.26. The first-order valence-corrected chi connectivity index (χ1v) is 8.58. The molecule has 0 spiro atoms. The fourth-order valence-electron chi connectivity index (χ4n) is 2.22. The van der Waals surface area contributed by atoms with Crippen molar-refractivity contribution in [3.63, 3.8) is 0 Å². The fourth-order valence-corrected chi connectivity index (χ4v) is 3.14. The third-order valence-corrected chi connectivity index (χ3v) is 4.59. The van der Waals surface area contributed by atoms with Crippen LogP contribution in [0.3, 0.4) is 0 Å². The van der Waals surface area contributed by atoms with E-state index in [4.69, 9.17) is 0 Å². The number of nitrogens with zero attached hydrogens (tertiary/aromatic N) is 2. The van der Waals surface area contributed by atoms with Gasteiger partial charge in [-0.25, -0.2) is 0 Å². The molecule has 4 heteroatoms. The number of aromatic nitrogens is 2. The summed E-state index contributed by atoms with van der Waals surface area (Å²) in [6.45, 7) is 8.67. The summed E-state index contributed by atoms with van der Waals surface area (Å²) in [4.78, 5) is 0. The van der Waals surface area contributed by atoms with E-state index in [0.717, 1.165) is 42.4 Å². The third kappa shape index (κ3) is 5.21. The second-order valence-electron chi connectivity index (χ2n) is 5.54. The Hall–Kier alpha value is -1.26. The first kappa shape index (κ1) is 16.1. The van der Waals surface area contributed by atoms with Crippen LogP contribution in [0.5, 0.6) is 0 Å².